The number of methoxy groups -OCH3 is 2. The summed E-state index contributed by atoms with van der Waals surface area (Å²) in [6.45, 7) is 1.61. The number of amides is 1. The van der Waals surface area contributed by atoms with E-state index in [4.69, 9.17) is 9.47 Å². The molecule has 0 aliphatic carbocycles. The number of carbonyl (C=O) groups excluding carboxylic acids is 1. The van der Waals surface area contributed by atoms with Crippen LogP contribution in [0.15, 0.2) is 23.6 Å². The topological polar surface area (TPSA) is 80.7 Å². The lowest BCUT2D eigenvalue weighted by Crippen LogP contribution is -2.14. The Hall–Kier alpha value is -2.12. The molecule has 1 amide bonds. The number of hydrogen-bond acceptors (Lipinski definition) is 6. The van der Waals surface area contributed by atoms with Gasteiger partial charge in [-0.3, -0.25) is 10.1 Å². The minimum absolute atomic E-state index is 0.302. The standard InChI is InChI=1S/C14H16N2O4S/c1-8(17)9-7-21-14(15-9)16-13(18)12-10(19-2)5-4-6-11(12)20-3/h4-8,17H,1-3H3,(H,15,16,18). The van der Waals surface area contributed by atoms with Crippen LogP contribution in [-0.2, 0) is 0 Å². The minimum atomic E-state index is -0.673. The van der Waals surface area contributed by atoms with E-state index in [2.05, 4.69) is 10.3 Å². The summed E-state index contributed by atoms with van der Waals surface area (Å²) >= 11 is 1.24. The summed E-state index contributed by atoms with van der Waals surface area (Å²) < 4.78 is 10.4. The summed E-state index contributed by atoms with van der Waals surface area (Å²) in [6, 6.07) is 5.10. The molecule has 2 N–H and O–H groups in total. The van der Waals surface area contributed by atoms with Crippen molar-refractivity contribution < 1.29 is 19.4 Å². The second kappa shape index (κ2) is 6.55. The van der Waals surface area contributed by atoms with Gasteiger partial charge in [0.15, 0.2) is 5.13 Å². The summed E-state index contributed by atoms with van der Waals surface area (Å²) in [6.07, 6.45) is -0.673. The van der Waals surface area contributed by atoms with Gasteiger partial charge in [0.2, 0.25) is 0 Å². The van der Waals surface area contributed by atoms with E-state index in [1.807, 2.05) is 0 Å². The van der Waals surface area contributed by atoms with E-state index in [0.717, 1.165) is 0 Å². The fourth-order valence-electron chi connectivity index (χ4n) is 1.77. The fraction of sp³-hybridized carbons (Fsp3) is 0.286. The van der Waals surface area contributed by atoms with Gasteiger partial charge in [-0.1, -0.05) is 6.07 Å². The summed E-state index contributed by atoms with van der Waals surface area (Å²) in [5.41, 5.74) is 0.818. The number of carbonyl (C=O) groups is 1. The third kappa shape index (κ3) is 3.32. The third-order valence-corrected chi connectivity index (χ3v) is 3.60. The highest BCUT2D eigenvalue weighted by Crippen LogP contribution is 2.29. The number of anilines is 1. The van der Waals surface area contributed by atoms with Crippen molar-refractivity contribution in [1.82, 2.24) is 4.98 Å². The van der Waals surface area contributed by atoms with Gasteiger partial charge < -0.3 is 14.6 Å². The number of benzene rings is 1. The largest absolute Gasteiger partial charge is 0.496 e. The maximum atomic E-state index is 12.4. The first-order chi connectivity index (χ1) is 10.1. The van der Waals surface area contributed by atoms with Gasteiger partial charge in [-0.15, -0.1) is 11.3 Å². The van der Waals surface area contributed by atoms with Crippen molar-refractivity contribution in [2.75, 3.05) is 19.5 Å². The monoisotopic (exact) mass is 308 g/mol. The summed E-state index contributed by atoms with van der Waals surface area (Å²) in [4.78, 5) is 16.5. The molecule has 0 aliphatic heterocycles. The van der Waals surface area contributed by atoms with Crippen LogP contribution < -0.4 is 14.8 Å². The predicted octanol–water partition coefficient (Wildman–Crippen LogP) is 2.47. The van der Waals surface area contributed by atoms with Gasteiger partial charge in [0.05, 0.1) is 26.0 Å². The van der Waals surface area contributed by atoms with Crippen LogP contribution in [0.1, 0.15) is 29.1 Å². The predicted molar refractivity (Wildman–Crippen MR) is 80.2 cm³/mol. The van der Waals surface area contributed by atoms with Crippen molar-refractivity contribution in [3.05, 3.63) is 34.8 Å². The van der Waals surface area contributed by atoms with Crippen LogP contribution in [-0.4, -0.2) is 30.2 Å². The van der Waals surface area contributed by atoms with Gasteiger partial charge in [0.25, 0.3) is 5.91 Å². The normalized spacial score (nSPS) is 11.8. The van der Waals surface area contributed by atoms with Crippen molar-refractivity contribution in [2.45, 2.75) is 13.0 Å². The molecule has 0 saturated heterocycles. The van der Waals surface area contributed by atoms with Crippen LogP contribution in [0.3, 0.4) is 0 Å². The quantitative estimate of drug-likeness (QED) is 0.887. The molecule has 0 saturated carbocycles. The number of thiazole rings is 1. The Kier molecular flexibility index (Phi) is 4.77. The molecule has 0 radical (unpaired) electrons. The lowest BCUT2D eigenvalue weighted by Gasteiger charge is -2.11. The molecule has 112 valence electrons. The minimum Gasteiger partial charge on any atom is -0.496 e. The zero-order valence-electron chi connectivity index (χ0n) is 11.9. The number of aliphatic hydroxyl groups is 1. The number of aliphatic hydroxyl groups excluding tert-OH is 1. The second-order valence-electron chi connectivity index (χ2n) is 4.25. The number of nitrogens with one attached hydrogen (secondary N) is 1. The average Bonchev–Trinajstić information content (AvgIpc) is 2.94. The van der Waals surface area contributed by atoms with Gasteiger partial charge in [-0.25, -0.2) is 4.98 Å². The highest BCUT2D eigenvalue weighted by atomic mass is 32.1. The molecule has 1 atom stereocenters. The van der Waals surface area contributed by atoms with Gasteiger partial charge >= 0.3 is 0 Å². The van der Waals surface area contributed by atoms with Crippen molar-refractivity contribution in [3.8, 4) is 11.5 Å². The molecule has 0 fully saturated rings. The molecular weight excluding hydrogens is 292 g/mol. The van der Waals surface area contributed by atoms with Crippen LogP contribution in [0.2, 0.25) is 0 Å². The van der Waals surface area contributed by atoms with Crippen LogP contribution in [0, 0.1) is 0 Å². The molecule has 21 heavy (non-hydrogen) atoms. The summed E-state index contributed by atoms with van der Waals surface area (Å²) in [5, 5.41) is 14.2. The average molecular weight is 308 g/mol. The van der Waals surface area contributed by atoms with Crippen molar-refractivity contribution in [1.29, 1.82) is 0 Å². The first-order valence-corrected chi connectivity index (χ1v) is 7.10. The number of nitrogens with zero attached hydrogens (tertiary/aromatic N) is 1. The first kappa shape index (κ1) is 15.3. The van der Waals surface area contributed by atoms with Gasteiger partial charge in [0, 0.05) is 5.38 Å². The van der Waals surface area contributed by atoms with E-state index in [1.165, 1.54) is 25.6 Å². The SMILES string of the molecule is COc1cccc(OC)c1C(=O)Nc1nc(C(C)O)cs1. The lowest BCUT2D eigenvalue weighted by atomic mass is 10.1. The Morgan fingerprint density at radius 1 is 1.33 bits per heavy atom. The molecule has 0 bridgehead atoms. The van der Waals surface area contributed by atoms with Gasteiger partial charge in [-0.05, 0) is 19.1 Å². The lowest BCUT2D eigenvalue weighted by molar-refractivity contribution is 0.102. The molecule has 6 nitrogen and oxygen atoms in total. The van der Waals surface area contributed by atoms with E-state index in [9.17, 15) is 9.90 Å². The van der Waals surface area contributed by atoms with Gasteiger partial charge in [-0.2, -0.15) is 0 Å². The molecule has 2 rings (SSSR count). The smallest absolute Gasteiger partial charge is 0.265 e. The van der Waals surface area contributed by atoms with E-state index in [0.29, 0.717) is 27.9 Å². The molecule has 1 aromatic carbocycles. The Balaban J connectivity index is 2.27. The molecule has 1 heterocycles. The second-order valence-corrected chi connectivity index (χ2v) is 5.10. The molecular formula is C14H16N2O4S. The molecule has 0 aliphatic rings. The van der Waals surface area contributed by atoms with Crippen LogP contribution in [0.4, 0.5) is 5.13 Å². The number of rotatable bonds is 5. The Labute approximate surface area is 126 Å². The first-order valence-electron chi connectivity index (χ1n) is 6.22. The Bertz CT molecular complexity index is 617. The molecule has 1 unspecified atom stereocenters. The summed E-state index contributed by atoms with van der Waals surface area (Å²) in [7, 11) is 2.97. The van der Waals surface area contributed by atoms with Crippen LogP contribution in [0.25, 0.3) is 0 Å². The Morgan fingerprint density at radius 3 is 2.43 bits per heavy atom. The highest BCUT2D eigenvalue weighted by Gasteiger charge is 2.19. The number of ether oxygens (including phenoxy) is 2. The molecule has 0 spiro atoms. The zero-order valence-corrected chi connectivity index (χ0v) is 12.7. The third-order valence-electron chi connectivity index (χ3n) is 2.83. The van der Waals surface area contributed by atoms with Crippen molar-refractivity contribution in [2.24, 2.45) is 0 Å². The fourth-order valence-corrected chi connectivity index (χ4v) is 2.56. The zero-order chi connectivity index (χ0) is 15.4. The number of hydrogen-bond donors (Lipinski definition) is 2. The van der Waals surface area contributed by atoms with E-state index >= 15 is 0 Å². The van der Waals surface area contributed by atoms with Crippen LogP contribution >= 0.6 is 11.3 Å². The van der Waals surface area contributed by atoms with E-state index in [1.54, 1.807) is 30.5 Å². The molecule has 7 heteroatoms. The van der Waals surface area contributed by atoms with Crippen molar-refractivity contribution in [3.63, 3.8) is 0 Å². The van der Waals surface area contributed by atoms with Crippen molar-refractivity contribution >= 4 is 22.4 Å². The van der Waals surface area contributed by atoms with Crippen LogP contribution in [0.5, 0.6) is 11.5 Å². The molecule has 2 aromatic rings. The number of aromatic nitrogens is 1. The maximum absolute atomic E-state index is 12.4. The van der Waals surface area contributed by atoms with Gasteiger partial charge in [0.1, 0.15) is 17.1 Å². The maximum Gasteiger partial charge on any atom is 0.265 e. The summed E-state index contributed by atoms with van der Waals surface area (Å²) in [5.74, 6) is 0.453. The highest BCUT2D eigenvalue weighted by molar-refractivity contribution is 7.14. The van der Waals surface area contributed by atoms with E-state index in [-0.39, 0.29) is 5.91 Å². The molecule has 1 aromatic heterocycles. The Morgan fingerprint density at radius 2 is 1.95 bits per heavy atom. The van der Waals surface area contributed by atoms with E-state index < -0.39 is 6.10 Å².